The molecule has 3 atom stereocenters. The zero-order valence-electron chi connectivity index (χ0n) is 8.53. The number of carbonyl (C=O) groups is 2. The minimum atomic E-state index is -0.351. The highest BCUT2D eigenvalue weighted by Crippen LogP contribution is 2.20. The zero-order valence-corrected chi connectivity index (χ0v) is 8.53. The first-order valence-electron chi connectivity index (χ1n) is 5.44. The Labute approximate surface area is 88.2 Å². The number of hydrogen-bond acceptors (Lipinski definition) is 4. The third kappa shape index (κ3) is 2.35. The van der Waals surface area contributed by atoms with E-state index in [4.69, 9.17) is 0 Å². The maximum Gasteiger partial charge on any atom is 0.243 e. The van der Waals surface area contributed by atoms with Crippen molar-refractivity contribution in [2.45, 2.75) is 50.3 Å². The molecule has 84 valence electrons. The Hall–Kier alpha value is -0.940. The highest BCUT2D eigenvalue weighted by Gasteiger charge is 2.32. The van der Waals surface area contributed by atoms with Crippen LogP contribution < -0.4 is 10.6 Å². The number of nitrogens with one attached hydrogen (secondary N) is 2. The van der Waals surface area contributed by atoms with Crippen molar-refractivity contribution in [2.24, 2.45) is 0 Å². The fraction of sp³-hybridized carbons (Fsp3) is 0.800. The Balaban J connectivity index is 1.88. The number of aliphatic hydroxyl groups excluding tert-OH is 1. The highest BCUT2D eigenvalue weighted by molar-refractivity contribution is 6.00. The molecule has 0 bridgehead atoms. The van der Waals surface area contributed by atoms with Gasteiger partial charge in [0.1, 0.15) is 0 Å². The summed E-state index contributed by atoms with van der Waals surface area (Å²) in [7, 11) is 0. The molecule has 5 heteroatoms. The summed E-state index contributed by atoms with van der Waals surface area (Å²) in [5, 5.41) is 15.0. The Kier molecular flexibility index (Phi) is 3.02. The van der Waals surface area contributed by atoms with Crippen LogP contribution >= 0.6 is 0 Å². The van der Waals surface area contributed by atoms with Crippen molar-refractivity contribution >= 4 is 11.8 Å². The first-order valence-corrected chi connectivity index (χ1v) is 5.44. The first kappa shape index (κ1) is 10.6. The molecule has 0 radical (unpaired) electrons. The van der Waals surface area contributed by atoms with Gasteiger partial charge in [0.15, 0.2) is 0 Å². The molecule has 15 heavy (non-hydrogen) atoms. The lowest BCUT2D eigenvalue weighted by molar-refractivity contribution is -0.135. The molecule has 2 amide bonds. The maximum absolute atomic E-state index is 11.4. The number of hydrogen-bond donors (Lipinski definition) is 3. The van der Waals surface area contributed by atoms with Gasteiger partial charge in [-0.25, -0.2) is 0 Å². The molecule has 2 aliphatic rings. The molecule has 2 fully saturated rings. The van der Waals surface area contributed by atoms with E-state index in [0.29, 0.717) is 12.8 Å². The number of piperidine rings is 1. The molecule has 0 aromatic rings. The number of imide groups is 1. The van der Waals surface area contributed by atoms with E-state index < -0.39 is 0 Å². The molecule has 1 saturated carbocycles. The van der Waals surface area contributed by atoms with Gasteiger partial charge in [0.25, 0.3) is 0 Å². The summed E-state index contributed by atoms with van der Waals surface area (Å²) in [6, 6.07) is -0.311. The Morgan fingerprint density at radius 2 is 2.07 bits per heavy atom. The highest BCUT2D eigenvalue weighted by atomic mass is 16.3. The first-order chi connectivity index (χ1) is 7.16. The van der Waals surface area contributed by atoms with E-state index in [2.05, 4.69) is 10.6 Å². The molecule has 3 N–H and O–H groups in total. The van der Waals surface area contributed by atoms with Gasteiger partial charge >= 0.3 is 0 Å². The van der Waals surface area contributed by atoms with Crippen molar-refractivity contribution in [1.82, 2.24) is 10.6 Å². The molecule has 1 aliphatic carbocycles. The summed E-state index contributed by atoms with van der Waals surface area (Å²) in [5.41, 5.74) is 0. The molecule has 0 aromatic carbocycles. The van der Waals surface area contributed by atoms with E-state index in [1.165, 1.54) is 0 Å². The van der Waals surface area contributed by atoms with Crippen LogP contribution in [0.4, 0.5) is 0 Å². The van der Waals surface area contributed by atoms with Crippen molar-refractivity contribution in [1.29, 1.82) is 0 Å². The summed E-state index contributed by atoms with van der Waals surface area (Å²) in [6.07, 6.45) is 3.26. The normalized spacial score (nSPS) is 36.7. The molecule has 1 heterocycles. The summed E-state index contributed by atoms with van der Waals surface area (Å²) in [5.74, 6) is -0.463. The topological polar surface area (TPSA) is 78.4 Å². The van der Waals surface area contributed by atoms with Gasteiger partial charge in [-0.2, -0.15) is 0 Å². The van der Waals surface area contributed by atoms with Crippen LogP contribution in [-0.2, 0) is 9.59 Å². The molecule has 1 saturated heterocycles. The van der Waals surface area contributed by atoms with Gasteiger partial charge in [-0.15, -0.1) is 0 Å². The fourth-order valence-electron chi connectivity index (χ4n) is 2.25. The van der Waals surface area contributed by atoms with Crippen LogP contribution in [0.3, 0.4) is 0 Å². The molecular weight excluding hydrogens is 196 g/mol. The second-order valence-electron chi connectivity index (χ2n) is 4.28. The summed E-state index contributed by atoms with van der Waals surface area (Å²) >= 11 is 0. The average Bonchev–Trinajstić information content (AvgIpc) is 2.57. The monoisotopic (exact) mass is 212 g/mol. The van der Waals surface area contributed by atoms with Crippen molar-refractivity contribution in [3.05, 3.63) is 0 Å². The van der Waals surface area contributed by atoms with Crippen LogP contribution in [0.2, 0.25) is 0 Å². The molecular formula is C10H16N2O3. The van der Waals surface area contributed by atoms with Gasteiger partial charge in [0, 0.05) is 12.5 Å². The standard InChI is InChI=1S/C10H16N2O3/c13-8-3-1-2-6(8)11-7-4-5-9(14)12-10(7)15/h6-8,11,13H,1-5H2,(H,12,14,15)/t6-,7?,8-/m1/s1. The lowest BCUT2D eigenvalue weighted by Crippen LogP contribution is -2.54. The third-order valence-electron chi connectivity index (χ3n) is 3.13. The number of carbonyl (C=O) groups excluding carboxylic acids is 2. The largest absolute Gasteiger partial charge is 0.392 e. The predicted octanol–water partition coefficient (Wildman–Crippen LogP) is -0.705. The van der Waals surface area contributed by atoms with Gasteiger partial charge in [-0.1, -0.05) is 0 Å². The number of amides is 2. The number of rotatable bonds is 2. The van der Waals surface area contributed by atoms with Gasteiger partial charge in [-0.05, 0) is 25.7 Å². The van der Waals surface area contributed by atoms with E-state index in [9.17, 15) is 14.7 Å². The van der Waals surface area contributed by atoms with Gasteiger partial charge in [-0.3, -0.25) is 14.9 Å². The van der Waals surface area contributed by atoms with Crippen LogP contribution in [0, 0.1) is 0 Å². The van der Waals surface area contributed by atoms with Crippen LogP contribution in [0.25, 0.3) is 0 Å². The maximum atomic E-state index is 11.4. The SMILES string of the molecule is O=C1CCC(N[C@@H]2CCC[C@H]2O)C(=O)N1. The fourth-order valence-corrected chi connectivity index (χ4v) is 2.25. The summed E-state index contributed by atoms with van der Waals surface area (Å²) in [6.45, 7) is 0. The molecule has 1 aliphatic heterocycles. The van der Waals surface area contributed by atoms with Gasteiger partial charge in [0.2, 0.25) is 11.8 Å². The Morgan fingerprint density at radius 1 is 1.27 bits per heavy atom. The van der Waals surface area contributed by atoms with Crippen LogP contribution in [0.15, 0.2) is 0 Å². The molecule has 5 nitrogen and oxygen atoms in total. The lowest BCUT2D eigenvalue weighted by atomic mass is 10.0. The molecule has 2 rings (SSSR count). The zero-order chi connectivity index (χ0) is 10.8. The van der Waals surface area contributed by atoms with Crippen molar-refractivity contribution in [3.63, 3.8) is 0 Å². The van der Waals surface area contributed by atoms with Crippen molar-refractivity contribution < 1.29 is 14.7 Å². The van der Waals surface area contributed by atoms with E-state index in [0.717, 1.165) is 19.3 Å². The van der Waals surface area contributed by atoms with Crippen LogP contribution in [-0.4, -0.2) is 35.1 Å². The quantitative estimate of drug-likeness (QED) is 0.529. The minimum absolute atomic E-state index is 0.00829. The second-order valence-corrected chi connectivity index (χ2v) is 4.28. The summed E-state index contributed by atoms with van der Waals surface area (Å²) < 4.78 is 0. The lowest BCUT2D eigenvalue weighted by Gasteiger charge is -2.26. The smallest absolute Gasteiger partial charge is 0.243 e. The minimum Gasteiger partial charge on any atom is -0.392 e. The predicted molar refractivity (Wildman–Crippen MR) is 53.0 cm³/mol. The Bertz CT molecular complexity index is 280. The molecule has 1 unspecified atom stereocenters. The van der Waals surface area contributed by atoms with Crippen LogP contribution in [0.5, 0.6) is 0 Å². The van der Waals surface area contributed by atoms with E-state index in [1.807, 2.05) is 0 Å². The van der Waals surface area contributed by atoms with Crippen molar-refractivity contribution in [3.8, 4) is 0 Å². The van der Waals surface area contributed by atoms with Gasteiger partial charge in [0.05, 0.1) is 12.1 Å². The third-order valence-corrected chi connectivity index (χ3v) is 3.13. The van der Waals surface area contributed by atoms with Crippen molar-refractivity contribution in [2.75, 3.05) is 0 Å². The van der Waals surface area contributed by atoms with E-state index in [1.54, 1.807) is 0 Å². The molecule has 0 aromatic heterocycles. The van der Waals surface area contributed by atoms with E-state index >= 15 is 0 Å². The number of aliphatic hydroxyl groups is 1. The van der Waals surface area contributed by atoms with E-state index in [-0.39, 0.29) is 30.0 Å². The average molecular weight is 212 g/mol. The van der Waals surface area contributed by atoms with Gasteiger partial charge < -0.3 is 10.4 Å². The second kappa shape index (κ2) is 4.28. The summed E-state index contributed by atoms with van der Waals surface area (Å²) in [4.78, 5) is 22.3. The molecule has 0 spiro atoms. The Morgan fingerprint density at radius 3 is 2.67 bits per heavy atom. The van der Waals surface area contributed by atoms with Crippen LogP contribution in [0.1, 0.15) is 32.1 Å².